The van der Waals surface area contributed by atoms with E-state index in [9.17, 15) is 0 Å². The van der Waals surface area contributed by atoms with Gasteiger partial charge in [0.05, 0.1) is 18.3 Å². The van der Waals surface area contributed by atoms with Crippen molar-refractivity contribution >= 4 is 8.07 Å². The van der Waals surface area contributed by atoms with Crippen LogP contribution in [0.2, 0.25) is 25.7 Å². The Morgan fingerprint density at radius 2 is 1.81 bits per heavy atom. The third-order valence-corrected chi connectivity index (χ3v) is 7.07. The van der Waals surface area contributed by atoms with E-state index < -0.39 is 13.7 Å². The van der Waals surface area contributed by atoms with Crippen LogP contribution in [-0.2, 0) is 25.6 Å². The Bertz CT molecular complexity index is 641. The fraction of sp³-hybridized carbons (Fsp3) is 0.636. The number of ether oxygens (including phenoxy) is 4. The molecule has 0 spiro atoms. The monoisotopic (exact) mass is 390 g/mol. The van der Waals surface area contributed by atoms with Crippen molar-refractivity contribution in [2.24, 2.45) is 0 Å². The first-order valence-corrected chi connectivity index (χ1v) is 13.7. The summed E-state index contributed by atoms with van der Waals surface area (Å²) in [6.07, 6.45) is 4.85. The molecule has 27 heavy (non-hydrogen) atoms. The Labute approximate surface area is 164 Å². The molecule has 1 fully saturated rings. The molecule has 0 saturated carbocycles. The highest BCUT2D eigenvalue weighted by molar-refractivity contribution is 6.76. The van der Waals surface area contributed by atoms with Crippen LogP contribution in [0, 0.1) is 0 Å². The van der Waals surface area contributed by atoms with E-state index in [4.69, 9.17) is 18.9 Å². The van der Waals surface area contributed by atoms with E-state index >= 15 is 0 Å². The van der Waals surface area contributed by atoms with Crippen molar-refractivity contribution < 1.29 is 18.9 Å². The quantitative estimate of drug-likeness (QED) is 0.263. The number of fused-ring (bicyclic) bond motifs is 2. The summed E-state index contributed by atoms with van der Waals surface area (Å²) in [5.41, 5.74) is 0.399. The Morgan fingerprint density at radius 3 is 2.52 bits per heavy atom. The number of rotatable bonds is 9. The molecule has 5 heteroatoms. The van der Waals surface area contributed by atoms with Crippen molar-refractivity contribution in [3.8, 4) is 0 Å². The molecular weight excluding hydrogens is 356 g/mol. The van der Waals surface area contributed by atoms with Gasteiger partial charge in [-0.1, -0.05) is 62.1 Å². The van der Waals surface area contributed by atoms with Crippen molar-refractivity contribution in [2.75, 3.05) is 13.4 Å². The second-order valence-corrected chi connectivity index (χ2v) is 15.0. The highest BCUT2D eigenvalue weighted by atomic mass is 28.3. The van der Waals surface area contributed by atoms with E-state index in [1.165, 1.54) is 0 Å². The summed E-state index contributed by atoms with van der Waals surface area (Å²) in [4.78, 5) is 0. The lowest BCUT2D eigenvalue weighted by Gasteiger charge is -2.46. The molecule has 4 atom stereocenters. The Morgan fingerprint density at radius 1 is 1.07 bits per heavy atom. The van der Waals surface area contributed by atoms with Gasteiger partial charge in [0.15, 0.2) is 0 Å². The average Bonchev–Trinajstić information content (AvgIpc) is 2.85. The van der Waals surface area contributed by atoms with Gasteiger partial charge in [-0.25, -0.2) is 0 Å². The van der Waals surface area contributed by atoms with Gasteiger partial charge >= 0.3 is 0 Å². The van der Waals surface area contributed by atoms with E-state index in [1.807, 2.05) is 18.2 Å². The molecule has 0 unspecified atom stereocenters. The third kappa shape index (κ3) is 5.52. The first-order chi connectivity index (χ1) is 12.7. The van der Waals surface area contributed by atoms with Gasteiger partial charge in [-0.3, -0.25) is 0 Å². The van der Waals surface area contributed by atoms with Gasteiger partial charge in [-0.05, 0) is 25.5 Å². The van der Waals surface area contributed by atoms with Crippen LogP contribution in [0.1, 0.15) is 25.8 Å². The first-order valence-electron chi connectivity index (χ1n) is 9.95. The van der Waals surface area contributed by atoms with Crippen molar-refractivity contribution in [2.45, 2.75) is 76.0 Å². The van der Waals surface area contributed by atoms with Crippen molar-refractivity contribution in [3.05, 3.63) is 48.0 Å². The van der Waals surface area contributed by atoms with Crippen molar-refractivity contribution in [1.82, 2.24) is 0 Å². The standard InChI is InChI=1S/C22H34O4Si/c1-21-11-12-22(2,26-21)20(24-16-18-9-7-6-8-10-18)19(15-21)25-17-23-13-14-27(3,4)5/h6-12,19-20H,13-17H2,1-5H3/t19-,20-,21+,22-/m0/s1. The summed E-state index contributed by atoms with van der Waals surface area (Å²) in [5.74, 6) is 0. The second kappa shape index (κ2) is 8.17. The van der Waals surface area contributed by atoms with Crippen LogP contribution < -0.4 is 0 Å². The molecule has 2 heterocycles. The maximum atomic E-state index is 6.32. The minimum Gasteiger partial charge on any atom is -0.367 e. The lowest BCUT2D eigenvalue weighted by molar-refractivity contribution is -0.251. The predicted molar refractivity (Wildman–Crippen MR) is 111 cm³/mol. The SMILES string of the molecule is C[C@]12C=C[C@](C)(O1)[C@@H](OCc1ccccc1)[C@@H](OCOCC[Si](C)(C)C)C2. The normalized spacial score (nSPS) is 32.8. The highest BCUT2D eigenvalue weighted by Crippen LogP contribution is 2.45. The number of hydrogen-bond acceptors (Lipinski definition) is 4. The van der Waals surface area contributed by atoms with Crippen LogP contribution in [0.4, 0.5) is 0 Å². The summed E-state index contributed by atoms with van der Waals surface area (Å²) in [5, 5.41) is 0. The zero-order chi connectivity index (χ0) is 19.5. The highest BCUT2D eigenvalue weighted by Gasteiger charge is 2.54. The fourth-order valence-electron chi connectivity index (χ4n) is 3.80. The number of benzene rings is 1. The summed E-state index contributed by atoms with van der Waals surface area (Å²) in [6.45, 7) is 12.9. The molecular formula is C22H34O4Si. The molecule has 0 aliphatic carbocycles. The van der Waals surface area contributed by atoms with Gasteiger partial charge in [0.2, 0.25) is 0 Å². The topological polar surface area (TPSA) is 36.9 Å². The molecule has 1 saturated heterocycles. The summed E-state index contributed by atoms with van der Waals surface area (Å²) in [7, 11) is -1.08. The van der Waals surface area contributed by atoms with Crippen LogP contribution in [0.15, 0.2) is 42.5 Å². The van der Waals surface area contributed by atoms with Crippen LogP contribution in [0.3, 0.4) is 0 Å². The van der Waals surface area contributed by atoms with Gasteiger partial charge in [0.25, 0.3) is 0 Å². The predicted octanol–water partition coefficient (Wildman–Crippen LogP) is 4.78. The lowest BCUT2D eigenvalue weighted by atomic mass is 9.88. The summed E-state index contributed by atoms with van der Waals surface area (Å²) >= 11 is 0. The zero-order valence-electron chi connectivity index (χ0n) is 17.4. The van der Waals surface area contributed by atoms with E-state index in [-0.39, 0.29) is 17.8 Å². The Hall–Kier alpha value is -0.983. The van der Waals surface area contributed by atoms with Gasteiger partial charge in [-0.2, -0.15) is 0 Å². The largest absolute Gasteiger partial charge is 0.367 e. The molecule has 0 N–H and O–H groups in total. The molecule has 0 aromatic heterocycles. The van der Waals surface area contributed by atoms with Crippen LogP contribution >= 0.6 is 0 Å². The minimum absolute atomic E-state index is 0.0562. The first kappa shape index (κ1) is 20.7. The van der Waals surface area contributed by atoms with Crippen LogP contribution in [-0.4, -0.2) is 44.9 Å². The average molecular weight is 391 g/mol. The molecule has 150 valence electrons. The molecule has 1 aromatic rings. The van der Waals surface area contributed by atoms with E-state index in [0.29, 0.717) is 13.4 Å². The molecule has 2 bridgehead atoms. The smallest absolute Gasteiger partial charge is 0.147 e. The Balaban J connectivity index is 1.59. The van der Waals surface area contributed by atoms with Gasteiger partial charge in [-0.15, -0.1) is 0 Å². The molecule has 1 aromatic carbocycles. The maximum Gasteiger partial charge on any atom is 0.147 e. The summed E-state index contributed by atoms with van der Waals surface area (Å²) in [6, 6.07) is 11.4. The molecule has 4 nitrogen and oxygen atoms in total. The van der Waals surface area contributed by atoms with Crippen molar-refractivity contribution in [3.63, 3.8) is 0 Å². The minimum atomic E-state index is -1.08. The van der Waals surface area contributed by atoms with Gasteiger partial charge in [0.1, 0.15) is 18.5 Å². The molecule has 0 amide bonds. The van der Waals surface area contributed by atoms with Crippen molar-refractivity contribution in [1.29, 1.82) is 0 Å². The van der Waals surface area contributed by atoms with E-state index in [0.717, 1.165) is 24.6 Å². The second-order valence-electron chi connectivity index (χ2n) is 9.40. The van der Waals surface area contributed by atoms with Gasteiger partial charge < -0.3 is 18.9 Å². The molecule has 3 rings (SSSR count). The maximum absolute atomic E-state index is 6.32. The summed E-state index contributed by atoms with van der Waals surface area (Å²) < 4.78 is 24.6. The molecule has 2 aliphatic heterocycles. The number of hydrogen-bond donors (Lipinski definition) is 0. The zero-order valence-corrected chi connectivity index (χ0v) is 18.4. The van der Waals surface area contributed by atoms with E-state index in [1.54, 1.807) is 0 Å². The van der Waals surface area contributed by atoms with Crippen LogP contribution in [0.25, 0.3) is 0 Å². The molecule has 0 radical (unpaired) electrons. The van der Waals surface area contributed by atoms with Crippen LogP contribution in [0.5, 0.6) is 0 Å². The third-order valence-electron chi connectivity index (χ3n) is 5.36. The van der Waals surface area contributed by atoms with Gasteiger partial charge in [0, 0.05) is 21.1 Å². The fourth-order valence-corrected chi connectivity index (χ4v) is 4.56. The van der Waals surface area contributed by atoms with E-state index in [2.05, 4.69) is 57.8 Å². The molecule has 2 aliphatic rings. The Kier molecular flexibility index (Phi) is 6.28. The lowest BCUT2D eigenvalue weighted by Crippen LogP contribution is -2.57.